The van der Waals surface area contributed by atoms with Crippen molar-refractivity contribution < 1.29 is 39.0 Å². The van der Waals surface area contributed by atoms with Gasteiger partial charge in [-0.15, -0.1) is 12.4 Å². The largest absolute Gasteiger partial charge is 0.478 e. The molecule has 7 N–H and O–H groups in total. The number of aromatic carboxylic acids is 2. The quantitative estimate of drug-likeness (QED) is 0.0378. The Morgan fingerprint density at radius 1 is 0.671 bits per heavy atom. The number of allylic oxidation sites excluding steroid dienone is 1. The molecule has 2 aliphatic rings. The number of benzene rings is 5. The highest BCUT2D eigenvalue weighted by Crippen LogP contribution is 2.25. The van der Waals surface area contributed by atoms with E-state index in [0.717, 1.165) is 95.6 Å². The molecule has 17 nitrogen and oxygen atoms in total. The van der Waals surface area contributed by atoms with Crippen LogP contribution in [-0.2, 0) is 27.2 Å². The summed E-state index contributed by atoms with van der Waals surface area (Å²) in [6, 6.07) is 30.6. The number of halogens is 2. The maximum absolute atomic E-state index is 13.0. The number of para-hydroxylation sites is 2. The van der Waals surface area contributed by atoms with E-state index in [2.05, 4.69) is 61.7 Å². The molecule has 2 atom stereocenters. The van der Waals surface area contributed by atoms with Crippen LogP contribution in [0.3, 0.4) is 0 Å². The molecule has 2 aromatic heterocycles. The minimum absolute atomic E-state index is 0. The molecule has 414 valence electrons. The summed E-state index contributed by atoms with van der Waals surface area (Å²) in [4.78, 5) is 86.1. The van der Waals surface area contributed by atoms with Crippen LogP contribution in [0.15, 0.2) is 153 Å². The Balaban J connectivity index is 0.000000285. The molecule has 19 heteroatoms. The normalized spacial score (nSPS) is 13.7. The summed E-state index contributed by atoms with van der Waals surface area (Å²) in [7, 11) is 0. The number of fused-ring (bicyclic) bond motifs is 2. The van der Waals surface area contributed by atoms with Crippen molar-refractivity contribution >= 4 is 97.8 Å². The molecule has 2 aliphatic heterocycles. The highest BCUT2D eigenvalue weighted by atomic mass is 35.5. The van der Waals surface area contributed by atoms with E-state index in [0.29, 0.717) is 46.6 Å². The van der Waals surface area contributed by atoms with Gasteiger partial charge in [0.2, 0.25) is 17.1 Å². The fraction of sp³-hybridized carbons (Fsp3) is 0.233. The molecule has 7 aromatic rings. The van der Waals surface area contributed by atoms with Crippen molar-refractivity contribution in [3.05, 3.63) is 199 Å². The second-order valence-corrected chi connectivity index (χ2v) is 18.4. The number of amides is 3. The number of carbonyl (C=O) groups excluding carboxylic acids is 4. The number of hydrogen-bond acceptors (Lipinski definition) is 12. The van der Waals surface area contributed by atoms with Crippen LogP contribution in [0, 0.1) is 32.6 Å². The number of hydrogen-bond donors (Lipinski definition) is 6. The first-order valence-corrected chi connectivity index (χ1v) is 24.9. The summed E-state index contributed by atoms with van der Waals surface area (Å²) in [5.74, 6) is 0.383. The molecule has 0 aliphatic carbocycles. The maximum Gasteiger partial charge on any atom is 0.335 e. The van der Waals surface area contributed by atoms with Gasteiger partial charge in [-0.2, -0.15) is 0 Å². The summed E-state index contributed by atoms with van der Waals surface area (Å²) < 4.78 is 0. The minimum Gasteiger partial charge on any atom is -0.478 e. The summed E-state index contributed by atoms with van der Waals surface area (Å²) in [5, 5.41) is 27.6. The summed E-state index contributed by atoms with van der Waals surface area (Å²) in [6.07, 6.45) is 11.2. The number of anilines is 3. The number of carboxylic acid groups (broad SMARTS) is 2. The highest BCUT2D eigenvalue weighted by Gasteiger charge is 2.28. The number of likely N-dealkylation sites (tertiary alicyclic amines) is 1. The van der Waals surface area contributed by atoms with E-state index in [1.807, 2.05) is 72.7 Å². The molecule has 5 aromatic carbocycles. The van der Waals surface area contributed by atoms with Crippen molar-refractivity contribution in [2.24, 2.45) is 11.8 Å². The van der Waals surface area contributed by atoms with E-state index in [1.165, 1.54) is 30.7 Å². The van der Waals surface area contributed by atoms with Crippen LogP contribution >= 0.6 is 24.0 Å². The number of carbonyl (C=O) groups is 6. The molecule has 2 saturated heterocycles. The Labute approximate surface area is 471 Å². The Morgan fingerprint density at radius 2 is 1.13 bits per heavy atom. The first-order chi connectivity index (χ1) is 36.9. The van der Waals surface area contributed by atoms with Crippen LogP contribution in [0.4, 0.5) is 17.1 Å². The van der Waals surface area contributed by atoms with Crippen LogP contribution in [0.5, 0.6) is 0 Å². The van der Waals surface area contributed by atoms with Gasteiger partial charge in [0.05, 0.1) is 22.2 Å². The third kappa shape index (κ3) is 20.3. The van der Waals surface area contributed by atoms with Crippen molar-refractivity contribution in [2.45, 2.75) is 53.9 Å². The molecule has 79 heavy (non-hydrogen) atoms. The van der Waals surface area contributed by atoms with Crippen LogP contribution < -0.4 is 21.7 Å². The molecule has 0 radical (unpaired) electrons. The molecule has 4 heterocycles. The van der Waals surface area contributed by atoms with Gasteiger partial charge in [0.15, 0.2) is 0 Å². The number of aryl methyl sites for hydroxylation is 3. The Hall–Kier alpha value is -8.64. The molecule has 0 unspecified atom stereocenters. The van der Waals surface area contributed by atoms with Gasteiger partial charge in [-0.05, 0) is 172 Å². The molecular formula is C60H67Cl2N9O8. The number of aromatic nitrogens is 4. The standard InChI is InChI=1S/C24H24N4O2.C13H15N3.C11H11NO3.C8H9NO2.C3H3ClO.CH4.ClH/c1-3-23(29)27-20-9-8-18(12-16(20)2)24(30)28-11-10-17(15-28)13-22-25-14-19-6-4-5-7-21(19)26-22;1-2-4-12-11(3-1)9-15-13(16-12)7-10-5-6-14-8-10;1-3-10(13)12-9-5-4-8(11(14)15)6-7(9)2;1-5-4-6(8(10)11)2-3-7(5)9;1-2-3(4)5;;/h3-9,12,14,17H,1,10-11,13,15H2,2H3,(H,27,29);1-4,9-10,14H,5-8H2;3-6H,1H2,2H3,(H,12,13)(H,14,15);2-4H,9H2,1H3,(H,10,11);2H,1H2;1H4;1H/t17-;10-;;;;;/m00...../s1. The second-order valence-electron chi connectivity index (χ2n) is 18.0. The summed E-state index contributed by atoms with van der Waals surface area (Å²) in [5.41, 5.74) is 12.8. The number of rotatable bonds is 12. The molecule has 0 spiro atoms. The smallest absolute Gasteiger partial charge is 0.335 e. The van der Waals surface area contributed by atoms with Crippen LogP contribution in [-0.4, -0.2) is 96.1 Å². The van der Waals surface area contributed by atoms with E-state index in [1.54, 1.807) is 44.2 Å². The van der Waals surface area contributed by atoms with E-state index >= 15 is 0 Å². The van der Waals surface area contributed by atoms with E-state index in [9.17, 15) is 28.8 Å². The lowest BCUT2D eigenvalue weighted by molar-refractivity contribution is -0.112. The lowest BCUT2D eigenvalue weighted by atomic mass is 10.0. The van der Waals surface area contributed by atoms with Gasteiger partial charge in [-0.1, -0.05) is 63.6 Å². The first kappa shape index (κ1) is 64.6. The fourth-order valence-electron chi connectivity index (χ4n) is 8.04. The van der Waals surface area contributed by atoms with Gasteiger partial charge in [-0.3, -0.25) is 19.2 Å². The lowest BCUT2D eigenvalue weighted by Gasteiger charge is -2.17. The second kappa shape index (κ2) is 32.2. The van der Waals surface area contributed by atoms with E-state index in [4.69, 9.17) is 27.5 Å². The van der Waals surface area contributed by atoms with Crippen LogP contribution in [0.1, 0.15) is 79.7 Å². The average molecular weight is 1110 g/mol. The Kier molecular flexibility index (Phi) is 26.3. The van der Waals surface area contributed by atoms with Crippen molar-refractivity contribution in [3.8, 4) is 0 Å². The first-order valence-electron chi connectivity index (χ1n) is 24.5. The summed E-state index contributed by atoms with van der Waals surface area (Å²) >= 11 is 4.71. The number of nitrogen functional groups attached to an aromatic ring is 1. The Morgan fingerprint density at radius 3 is 1.57 bits per heavy atom. The molecule has 9 rings (SSSR count). The van der Waals surface area contributed by atoms with Crippen molar-refractivity contribution in [3.63, 3.8) is 0 Å². The van der Waals surface area contributed by atoms with Crippen molar-refractivity contribution in [1.82, 2.24) is 30.2 Å². The topological polar surface area (TPSA) is 260 Å². The minimum atomic E-state index is -0.986. The summed E-state index contributed by atoms with van der Waals surface area (Å²) in [6.45, 7) is 18.9. The third-order valence-electron chi connectivity index (χ3n) is 12.3. The molecule has 2 fully saturated rings. The number of nitrogens with two attached hydrogens (primary N) is 1. The Bertz CT molecular complexity index is 3290. The van der Waals surface area contributed by atoms with E-state index in [-0.39, 0.29) is 48.7 Å². The molecule has 0 saturated carbocycles. The zero-order valence-electron chi connectivity index (χ0n) is 43.6. The predicted molar refractivity (Wildman–Crippen MR) is 316 cm³/mol. The number of nitrogens with one attached hydrogen (secondary N) is 3. The van der Waals surface area contributed by atoms with Crippen LogP contribution in [0.25, 0.3) is 21.8 Å². The van der Waals surface area contributed by atoms with Gasteiger partial charge in [0.1, 0.15) is 11.6 Å². The zero-order valence-corrected chi connectivity index (χ0v) is 45.2. The van der Waals surface area contributed by atoms with Gasteiger partial charge >= 0.3 is 11.9 Å². The third-order valence-corrected chi connectivity index (χ3v) is 12.4. The van der Waals surface area contributed by atoms with Crippen LogP contribution in [0.2, 0.25) is 0 Å². The van der Waals surface area contributed by atoms with Gasteiger partial charge in [0.25, 0.3) is 5.91 Å². The highest BCUT2D eigenvalue weighted by molar-refractivity contribution is 6.66. The van der Waals surface area contributed by atoms with E-state index < -0.39 is 17.2 Å². The lowest BCUT2D eigenvalue weighted by Crippen LogP contribution is -2.29. The fourth-order valence-corrected chi connectivity index (χ4v) is 8.04. The van der Waals surface area contributed by atoms with Gasteiger partial charge in [-0.25, -0.2) is 29.5 Å². The monoisotopic (exact) mass is 1110 g/mol. The maximum atomic E-state index is 13.0. The predicted octanol–water partition coefficient (Wildman–Crippen LogP) is 10.6. The average Bonchev–Trinajstić information content (AvgIpc) is 4.15. The van der Waals surface area contributed by atoms with Gasteiger partial charge < -0.3 is 36.8 Å². The number of carboxylic acids is 2. The SMILES string of the molecule is C.C=CC(=O)Cl.C=CC(=O)Nc1ccc(C(=O)N2CC[C@@H](Cc3ncc4ccccc4n3)C2)cc1C.C=CC(=O)Nc1ccc(C(=O)O)cc1C.Cc1cc(C(=O)O)ccc1N.Cl.c1ccc2nc(C[C@@H]3CCNC3)ncc2c1. The molecular weight excluding hydrogens is 1050 g/mol. The molecule has 3 amide bonds. The van der Waals surface area contributed by atoms with Gasteiger partial charge in [0, 0.05) is 71.7 Å². The number of nitrogens with zero attached hydrogens (tertiary/aromatic N) is 5. The van der Waals surface area contributed by atoms with Crippen molar-refractivity contribution in [2.75, 3.05) is 42.5 Å². The molecule has 0 bridgehead atoms. The van der Waals surface area contributed by atoms with Crippen molar-refractivity contribution in [1.29, 1.82) is 0 Å². The zero-order chi connectivity index (χ0) is 56.0.